The Morgan fingerprint density at radius 3 is 2.27 bits per heavy atom. The molecule has 274 valence electrons. The fraction of sp³-hybridized carbons (Fsp3) is 0.385. The molecule has 3 aromatic rings. The van der Waals surface area contributed by atoms with E-state index in [0.29, 0.717) is 23.1 Å². The Morgan fingerprint density at radius 2 is 1.54 bits per heavy atom. The third-order valence-electron chi connectivity index (χ3n) is 9.33. The van der Waals surface area contributed by atoms with Crippen LogP contribution in [0.5, 0.6) is 0 Å². The topological polar surface area (TPSA) is 166 Å². The lowest BCUT2D eigenvalue weighted by atomic mass is 9.86. The molecule has 52 heavy (non-hydrogen) atoms. The molecule has 0 aromatic heterocycles. The molecule has 13 heteroatoms. The van der Waals surface area contributed by atoms with Crippen LogP contribution in [-0.4, -0.2) is 83.1 Å². The number of thioether (sulfide) groups is 1. The molecule has 5 N–H and O–H groups in total. The van der Waals surface area contributed by atoms with Crippen molar-refractivity contribution in [2.45, 2.75) is 69.7 Å². The highest BCUT2D eigenvalue weighted by Crippen LogP contribution is 2.30. The van der Waals surface area contributed by atoms with Crippen LogP contribution >= 0.6 is 11.8 Å². The quantitative estimate of drug-likeness (QED) is 0.238. The molecule has 2 heterocycles. The maximum atomic E-state index is 14.6. The van der Waals surface area contributed by atoms with Gasteiger partial charge in [-0.2, -0.15) is 11.8 Å². The second-order valence-corrected chi connectivity index (χ2v) is 14.7. The SMILES string of the molecule is CSCC[C@@H]1NC(=O)[C@H](CC(C)C)N2C=C[C@@H](NC(=O)[C@H](Cc3ccccc3)NC(=O)[C@](C)(c3cccc4ccccc34)NC(=O)CNC1=O)C2=O. The van der Waals surface area contributed by atoms with Gasteiger partial charge in [-0.3, -0.25) is 28.8 Å². The predicted octanol–water partition coefficient (Wildman–Crippen LogP) is 2.52. The van der Waals surface area contributed by atoms with Gasteiger partial charge in [0, 0.05) is 12.6 Å². The molecule has 1 saturated heterocycles. The minimum Gasteiger partial charge on any atom is -0.345 e. The van der Waals surface area contributed by atoms with Gasteiger partial charge < -0.3 is 31.5 Å². The Balaban J connectivity index is 1.57. The van der Waals surface area contributed by atoms with E-state index in [1.807, 2.05) is 80.8 Å². The second kappa shape index (κ2) is 16.9. The number of benzene rings is 3. The summed E-state index contributed by atoms with van der Waals surface area (Å²) < 4.78 is 0. The van der Waals surface area contributed by atoms with E-state index in [9.17, 15) is 28.8 Å². The van der Waals surface area contributed by atoms with E-state index in [2.05, 4.69) is 26.6 Å². The Hall–Kier alpha value is -5.17. The third-order valence-corrected chi connectivity index (χ3v) is 9.98. The fourth-order valence-electron chi connectivity index (χ4n) is 6.57. The monoisotopic (exact) mass is 726 g/mol. The van der Waals surface area contributed by atoms with Crippen LogP contribution in [0.2, 0.25) is 0 Å². The van der Waals surface area contributed by atoms with Crippen molar-refractivity contribution in [1.82, 2.24) is 31.5 Å². The van der Waals surface area contributed by atoms with Gasteiger partial charge in [0.25, 0.3) is 11.8 Å². The fourth-order valence-corrected chi connectivity index (χ4v) is 7.04. The zero-order chi connectivity index (χ0) is 37.4. The van der Waals surface area contributed by atoms with E-state index in [-0.39, 0.29) is 18.8 Å². The maximum absolute atomic E-state index is 14.6. The van der Waals surface area contributed by atoms with E-state index in [0.717, 1.165) is 10.9 Å². The van der Waals surface area contributed by atoms with Crippen molar-refractivity contribution in [3.63, 3.8) is 0 Å². The van der Waals surface area contributed by atoms with Crippen LogP contribution in [0.25, 0.3) is 10.8 Å². The first kappa shape index (κ1) is 38.1. The van der Waals surface area contributed by atoms with E-state index in [1.54, 1.807) is 19.1 Å². The number of hydrogen-bond acceptors (Lipinski definition) is 7. The molecular weight excluding hydrogens is 681 g/mol. The van der Waals surface area contributed by atoms with Crippen LogP contribution in [0.15, 0.2) is 85.1 Å². The summed E-state index contributed by atoms with van der Waals surface area (Å²) in [6.07, 6.45) is 5.52. The summed E-state index contributed by atoms with van der Waals surface area (Å²) in [6.45, 7) is 4.90. The first-order valence-electron chi connectivity index (χ1n) is 17.4. The van der Waals surface area contributed by atoms with Gasteiger partial charge in [-0.05, 0) is 65.7 Å². The van der Waals surface area contributed by atoms with Crippen LogP contribution in [0.1, 0.15) is 44.7 Å². The van der Waals surface area contributed by atoms with Gasteiger partial charge in [0.1, 0.15) is 29.7 Å². The zero-order valence-electron chi connectivity index (χ0n) is 29.8. The van der Waals surface area contributed by atoms with Crippen molar-refractivity contribution >= 4 is 58.0 Å². The van der Waals surface area contributed by atoms with Crippen LogP contribution in [0.4, 0.5) is 0 Å². The summed E-state index contributed by atoms with van der Waals surface area (Å²) >= 11 is 1.50. The van der Waals surface area contributed by atoms with Crippen LogP contribution in [-0.2, 0) is 40.7 Å². The lowest BCUT2D eigenvalue weighted by Crippen LogP contribution is -2.61. The van der Waals surface area contributed by atoms with Gasteiger partial charge in [-0.1, -0.05) is 86.6 Å². The summed E-state index contributed by atoms with van der Waals surface area (Å²) in [4.78, 5) is 84.8. The number of rotatable bonds is 8. The molecular formula is C39H46N6O6S. The van der Waals surface area contributed by atoms with Crippen LogP contribution < -0.4 is 26.6 Å². The molecule has 3 aromatic carbocycles. The van der Waals surface area contributed by atoms with E-state index < -0.39 is 71.7 Å². The number of hydrogen-bond donors (Lipinski definition) is 5. The largest absolute Gasteiger partial charge is 0.345 e. The summed E-state index contributed by atoms with van der Waals surface area (Å²) in [5, 5.41) is 15.5. The minimum atomic E-state index is -1.72. The highest BCUT2D eigenvalue weighted by molar-refractivity contribution is 7.98. The van der Waals surface area contributed by atoms with Crippen molar-refractivity contribution < 1.29 is 28.8 Å². The normalized spacial score (nSPS) is 24.8. The van der Waals surface area contributed by atoms with Crippen molar-refractivity contribution in [1.29, 1.82) is 0 Å². The molecule has 2 aliphatic heterocycles. The summed E-state index contributed by atoms with van der Waals surface area (Å²) in [7, 11) is 0. The average Bonchev–Trinajstić information content (AvgIpc) is 3.48. The lowest BCUT2D eigenvalue weighted by Gasteiger charge is -2.33. The lowest BCUT2D eigenvalue weighted by molar-refractivity contribution is -0.140. The number of nitrogens with one attached hydrogen (secondary N) is 5. The van der Waals surface area contributed by atoms with Crippen molar-refractivity contribution in [2.24, 2.45) is 5.92 Å². The van der Waals surface area contributed by atoms with Crippen LogP contribution in [0.3, 0.4) is 0 Å². The molecule has 0 spiro atoms. The standard InChI is InChI=1S/C39H46N6O6S/c1-24(2)21-32-36(49)41-29(18-20-52-4)34(47)40-23-33(46)44-39(3,28-16-10-14-26-13-8-9-15-27(26)28)38(51)43-31(22-25-11-6-5-7-12-25)35(48)42-30-17-19-45(32)37(30)50/h5-17,19,24,29-32H,18,20-23H2,1-4H3,(H,40,47)(H,41,49)(H,42,48)(H,43,51)(H,44,46)/t29-,30+,31-,32-,39-/m0/s1. The highest BCUT2D eigenvalue weighted by atomic mass is 32.2. The molecule has 5 rings (SSSR count). The summed E-state index contributed by atoms with van der Waals surface area (Å²) in [5.74, 6) is -3.01. The van der Waals surface area contributed by atoms with Gasteiger partial charge in [0.15, 0.2) is 0 Å². The summed E-state index contributed by atoms with van der Waals surface area (Å²) in [5.41, 5.74) is -0.495. The Labute approximate surface area is 307 Å². The number of carbonyl (C=O) groups is 6. The number of fused-ring (bicyclic) bond motifs is 3. The zero-order valence-corrected chi connectivity index (χ0v) is 30.6. The van der Waals surface area contributed by atoms with Crippen LogP contribution in [0, 0.1) is 5.92 Å². The van der Waals surface area contributed by atoms with Crippen molar-refractivity contribution in [2.75, 3.05) is 18.6 Å². The Bertz CT molecular complexity index is 1850. The summed E-state index contributed by atoms with van der Waals surface area (Å²) in [6, 6.07) is 17.7. The predicted molar refractivity (Wildman–Crippen MR) is 201 cm³/mol. The van der Waals surface area contributed by atoms with Gasteiger partial charge in [0.05, 0.1) is 6.54 Å². The molecule has 0 unspecified atom stereocenters. The van der Waals surface area contributed by atoms with Gasteiger partial charge in [0.2, 0.25) is 23.6 Å². The smallest absolute Gasteiger partial charge is 0.253 e. The molecule has 0 aliphatic carbocycles. The molecule has 6 amide bonds. The van der Waals surface area contributed by atoms with Gasteiger partial charge in [-0.25, -0.2) is 0 Å². The first-order valence-corrected chi connectivity index (χ1v) is 18.8. The van der Waals surface area contributed by atoms with E-state index in [4.69, 9.17) is 0 Å². The number of carbonyl (C=O) groups excluding carboxylic acids is 6. The molecule has 2 aliphatic rings. The molecule has 1 fully saturated rings. The molecule has 0 radical (unpaired) electrons. The highest BCUT2D eigenvalue weighted by Gasteiger charge is 2.42. The molecule has 2 bridgehead atoms. The van der Waals surface area contributed by atoms with E-state index >= 15 is 0 Å². The minimum absolute atomic E-state index is 0.00660. The first-order chi connectivity index (χ1) is 24.9. The molecule has 0 saturated carbocycles. The average molecular weight is 727 g/mol. The molecule has 5 atom stereocenters. The number of amides is 6. The number of nitrogens with zero attached hydrogens (tertiary/aromatic N) is 1. The second-order valence-electron chi connectivity index (χ2n) is 13.7. The van der Waals surface area contributed by atoms with E-state index in [1.165, 1.54) is 28.9 Å². The Kier molecular flexibility index (Phi) is 12.4. The molecule has 12 nitrogen and oxygen atoms in total. The maximum Gasteiger partial charge on any atom is 0.253 e. The van der Waals surface area contributed by atoms with Crippen molar-refractivity contribution in [3.8, 4) is 0 Å². The van der Waals surface area contributed by atoms with Crippen molar-refractivity contribution in [3.05, 3.63) is 96.2 Å². The third kappa shape index (κ3) is 8.82. The van der Waals surface area contributed by atoms with Gasteiger partial charge in [-0.15, -0.1) is 0 Å². The Morgan fingerprint density at radius 1 is 0.827 bits per heavy atom. The van der Waals surface area contributed by atoms with Gasteiger partial charge >= 0.3 is 0 Å².